The lowest BCUT2D eigenvalue weighted by Crippen LogP contribution is -2.21. The maximum atomic E-state index is 2.42. The summed E-state index contributed by atoms with van der Waals surface area (Å²) in [5.74, 6) is 1.69. The molecule has 0 radical (unpaired) electrons. The molecule has 0 saturated carbocycles. The van der Waals surface area contributed by atoms with Crippen molar-refractivity contribution in [1.82, 2.24) is 0 Å². The normalized spacial score (nSPS) is 17.2. The Labute approximate surface area is 104 Å². The van der Waals surface area contributed by atoms with Gasteiger partial charge in [0.1, 0.15) is 0 Å². The van der Waals surface area contributed by atoms with Gasteiger partial charge < -0.3 is 0 Å². The molecule has 0 aromatic carbocycles. The fourth-order valence-corrected chi connectivity index (χ4v) is 1.90. The SMILES string of the molecule is CCC(C)(C)C(C)CCCC(C)C(C)(C)C. The van der Waals surface area contributed by atoms with Crippen molar-refractivity contribution in [2.45, 2.75) is 81.1 Å². The standard InChI is InChI=1S/C16H34/c1-9-16(7,8)14(3)12-10-11-13(2)15(4,5)6/h13-14H,9-12H2,1-8H3. The first-order valence-electron chi connectivity index (χ1n) is 7.11. The molecule has 16 heavy (non-hydrogen) atoms. The van der Waals surface area contributed by atoms with Gasteiger partial charge in [-0.3, -0.25) is 0 Å². The van der Waals surface area contributed by atoms with Gasteiger partial charge in [0.25, 0.3) is 0 Å². The van der Waals surface area contributed by atoms with Crippen LogP contribution < -0.4 is 0 Å². The van der Waals surface area contributed by atoms with Crippen molar-refractivity contribution in [3.63, 3.8) is 0 Å². The summed E-state index contributed by atoms with van der Waals surface area (Å²) in [6.07, 6.45) is 5.46. The van der Waals surface area contributed by atoms with E-state index in [1.54, 1.807) is 0 Å². The molecule has 0 aliphatic rings. The molecule has 0 aliphatic heterocycles. The van der Waals surface area contributed by atoms with E-state index < -0.39 is 0 Å². The molecule has 0 nitrogen and oxygen atoms in total. The molecule has 0 heterocycles. The lowest BCUT2D eigenvalue weighted by Gasteiger charge is -2.32. The molecule has 0 amide bonds. The Morgan fingerprint density at radius 1 is 0.812 bits per heavy atom. The zero-order valence-corrected chi connectivity index (χ0v) is 13.0. The van der Waals surface area contributed by atoms with E-state index in [2.05, 4.69) is 55.4 Å². The molecule has 0 N–H and O–H groups in total. The van der Waals surface area contributed by atoms with E-state index in [0.717, 1.165) is 11.8 Å². The van der Waals surface area contributed by atoms with Crippen molar-refractivity contribution in [3.8, 4) is 0 Å². The molecule has 0 rings (SSSR count). The average Bonchev–Trinajstić information content (AvgIpc) is 2.15. The Morgan fingerprint density at radius 2 is 1.25 bits per heavy atom. The monoisotopic (exact) mass is 226 g/mol. The van der Waals surface area contributed by atoms with E-state index >= 15 is 0 Å². The molecular formula is C16H34. The summed E-state index contributed by atoms with van der Waals surface area (Å²) in [6, 6.07) is 0. The largest absolute Gasteiger partial charge is 0.0649 e. The summed E-state index contributed by atoms with van der Waals surface area (Å²) >= 11 is 0. The maximum absolute atomic E-state index is 2.42. The molecule has 0 spiro atoms. The van der Waals surface area contributed by atoms with Gasteiger partial charge in [-0.15, -0.1) is 0 Å². The number of hydrogen-bond donors (Lipinski definition) is 0. The Morgan fingerprint density at radius 3 is 1.62 bits per heavy atom. The van der Waals surface area contributed by atoms with Crippen molar-refractivity contribution in [3.05, 3.63) is 0 Å². The lowest BCUT2D eigenvalue weighted by atomic mass is 9.74. The molecule has 0 aromatic rings. The Kier molecular flexibility index (Phi) is 6.07. The molecule has 0 aliphatic carbocycles. The second kappa shape index (κ2) is 6.07. The summed E-state index contributed by atoms with van der Waals surface area (Å²) in [5.41, 5.74) is 0.995. The smallest absolute Gasteiger partial charge is 0.0331 e. The maximum Gasteiger partial charge on any atom is -0.0331 e. The van der Waals surface area contributed by atoms with Gasteiger partial charge in [-0.05, 0) is 22.7 Å². The van der Waals surface area contributed by atoms with Crippen LogP contribution in [-0.4, -0.2) is 0 Å². The van der Waals surface area contributed by atoms with E-state index in [-0.39, 0.29) is 0 Å². The van der Waals surface area contributed by atoms with Crippen LogP contribution in [0.1, 0.15) is 81.1 Å². The molecule has 0 bridgehead atoms. The number of rotatable bonds is 6. The zero-order valence-electron chi connectivity index (χ0n) is 13.0. The van der Waals surface area contributed by atoms with Crippen LogP contribution in [0, 0.1) is 22.7 Å². The van der Waals surface area contributed by atoms with E-state index in [1.165, 1.54) is 25.7 Å². The predicted molar refractivity (Wildman–Crippen MR) is 75.7 cm³/mol. The third kappa shape index (κ3) is 5.37. The van der Waals surface area contributed by atoms with Crippen LogP contribution in [0.15, 0.2) is 0 Å². The molecule has 0 heteroatoms. The fraction of sp³-hybridized carbons (Fsp3) is 1.00. The molecule has 0 saturated heterocycles. The second-order valence-electron chi connectivity index (χ2n) is 7.44. The van der Waals surface area contributed by atoms with Crippen molar-refractivity contribution in [2.24, 2.45) is 22.7 Å². The van der Waals surface area contributed by atoms with Gasteiger partial charge in [-0.2, -0.15) is 0 Å². The van der Waals surface area contributed by atoms with E-state index in [4.69, 9.17) is 0 Å². The van der Waals surface area contributed by atoms with Crippen LogP contribution in [0.3, 0.4) is 0 Å². The van der Waals surface area contributed by atoms with Crippen molar-refractivity contribution >= 4 is 0 Å². The van der Waals surface area contributed by atoms with Gasteiger partial charge in [0.2, 0.25) is 0 Å². The van der Waals surface area contributed by atoms with Crippen LogP contribution in [0.25, 0.3) is 0 Å². The minimum absolute atomic E-state index is 0.476. The number of hydrogen-bond acceptors (Lipinski definition) is 0. The highest BCUT2D eigenvalue weighted by Crippen LogP contribution is 2.35. The van der Waals surface area contributed by atoms with Crippen LogP contribution in [0.5, 0.6) is 0 Å². The topological polar surface area (TPSA) is 0 Å². The molecule has 0 fully saturated rings. The first kappa shape index (κ1) is 16.0. The van der Waals surface area contributed by atoms with Crippen molar-refractivity contribution in [2.75, 3.05) is 0 Å². The van der Waals surface area contributed by atoms with Gasteiger partial charge in [0.15, 0.2) is 0 Å². The summed E-state index contributed by atoms with van der Waals surface area (Å²) < 4.78 is 0. The fourth-order valence-electron chi connectivity index (χ4n) is 1.90. The minimum Gasteiger partial charge on any atom is -0.0649 e. The Balaban J connectivity index is 3.92. The van der Waals surface area contributed by atoms with Gasteiger partial charge in [0.05, 0.1) is 0 Å². The van der Waals surface area contributed by atoms with Crippen LogP contribution >= 0.6 is 0 Å². The summed E-state index contributed by atoms with van der Waals surface area (Å²) in [4.78, 5) is 0. The average molecular weight is 226 g/mol. The van der Waals surface area contributed by atoms with Gasteiger partial charge in [-0.25, -0.2) is 0 Å². The zero-order chi connectivity index (χ0) is 13.0. The van der Waals surface area contributed by atoms with E-state index in [9.17, 15) is 0 Å². The third-order valence-electron chi connectivity index (χ3n) is 5.00. The van der Waals surface area contributed by atoms with Gasteiger partial charge in [-0.1, -0.05) is 81.1 Å². The highest BCUT2D eigenvalue weighted by atomic mass is 14.3. The predicted octanol–water partition coefficient (Wildman–Crippen LogP) is 5.91. The highest BCUT2D eigenvalue weighted by Gasteiger charge is 2.24. The Bertz CT molecular complexity index is 183. The van der Waals surface area contributed by atoms with Crippen molar-refractivity contribution in [1.29, 1.82) is 0 Å². The van der Waals surface area contributed by atoms with Gasteiger partial charge in [0, 0.05) is 0 Å². The molecular weight excluding hydrogens is 192 g/mol. The first-order valence-corrected chi connectivity index (χ1v) is 7.11. The van der Waals surface area contributed by atoms with Crippen molar-refractivity contribution < 1.29 is 0 Å². The quantitative estimate of drug-likeness (QED) is 0.528. The summed E-state index contributed by atoms with van der Waals surface area (Å²) in [5, 5.41) is 0. The minimum atomic E-state index is 0.476. The lowest BCUT2D eigenvalue weighted by molar-refractivity contribution is 0.188. The van der Waals surface area contributed by atoms with Gasteiger partial charge >= 0.3 is 0 Å². The third-order valence-corrected chi connectivity index (χ3v) is 5.00. The second-order valence-corrected chi connectivity index (χ2v) is 7.44. The Hall–Kier alpha value is 0. The molecule has 98 valence electrons. The highest BCUT2D eigenvalue weighted by molar-refractivity contribution is 4.75. The summed E-state index contributed by atoms with van der Waals surface area (Å²) in [6.45, 7) is 19.0. The van der Waals surface area contributed by atoms with Crippen LogP contribution in [-0.2, 0) is 0 Å². The molecule has 2 unspecified atom stereocenters. The molecule has 2 atom stereocenters. The summed E-state index contributed by atoms with van der Waals surface area (Å²) in [7, 11) is 0. The van der Waals surface area contributed by atoms with E-state index in [0.29, 0.717) is 10.8 Å². The van der Waals surface area contributed by atoms with E-state index in [1.807, 2.05) is 0 Å². The van der Waals surface area contributed by atoms with Crippen LogP contribution in [0.4, 0.5) is 0 Å². The molecule has 0 aromatic heterocycles. The van der Waals surface area contributed by atoms with Crippen LogP contribution in [0.2, 0.25) is 0 Å². The first-order chi connectivity index (χ1) is 7.11.